The van der Waals surface area contributed by atoms with E-state index in [1.807, 2.05) is 0 Å². The molecular weight excluding hydrogens is 426 g/mol. The molecule has 2 aromatic rings. The van der Waals surface area contributed by atoms with Crippen LogP contribution in [0.5, 0.6) is 0 Å². The Bertz CT molecular complexity index is 1070. The average molecular weight is 450 g/mol. The number of amides is 2. The number of hydrogen-bond donors (Lipinski definition) is 2. The van der Waals surface area contributed by atoms with E-state index in [0.717, 1.165) is 11.3 Å². The van der Waals surface area contributed by atoms with Crippen molar-refractivity contribution in [3.8, 4) is 11.1 Å². The van der Waals surface area contributed by atoms with E-state index in [2.05, 4.69) is 11.9 Å². The van der Waals surface area contributed by atoms with Gasteiger partial charge in [0.25, 0.3) is 0 Å². The fraction of sp³-hybridized carbons (Fsp3) is 0.300. The van der Waals surface area contributed by atoms with Crippen LogP contribution in [-0.2, 0) is 19.4 Å². The monoisotopic (exact) mass is 449 g/mol. The maximum Gasteiger partial charge on any atom is 0.249 e. The molecule has 1 aromatic heterocycles. The fourth-order valence-electron chi connectivity index (χ4n) is 3.32. The number of ether oxygens (including phenoxy) is 1. The molecule has 3 N–H and O–H groups in total. The topological polar surface area (TPSA) is 119 Å². The number of rotatable bonds is 7. The van der Waals surface area contributed by atoms with Crippen LogP contribution >= 0.6 is 11.3 Å². The third kappa shape index (κ3) is 4.46. The zero-order valence-corrected chi connectivity index (χ0v) is 18.1. The van der Waals surface area contributed by atoms with Crippen molar-refractivity contribution in [1.82, 2.24) is 4.90 Å². The first kappa shape index (κ1) is 22.2. The summed E-state index contributed by atoms with van der Waals surface area (Å²) >= 11 is 0.940. The van der Waals surface area contributed by atoms with Crippen LogP contribution < -0.4 is 11.1 Å². The number of nitrogens with one attached hydrogen (secondary N) is 1. The second kappa shape index (κ2) is 9.09. The van der Waals surface area contributed by atoms with Gasteiger partial charge in [-0.3, -0.25) is 14.5 Å². The molecule has 0 spiro atoms. The number of carbonyl (C=O) groups excluding carboxylic acids is 2. The van der Waals surface area contributed by atoms with Crippen molar-refractivity contribution >= 4 is 38.0 Å². The molecule has 2 amide bonds. The van der Waals surface area contributed by atoms with Gasteiger partial charge in [0, 0.05) is 31.1 Å². The second-order valence-electron chi connectivity index (χ2n) is 6.72. The minimum absolute atomic E-state index is 0.0666. The second-order valence-corrected chi connectivity index (χ2v) is 10.0. The number of primary amides is 1. The van der Waals surface area contributed by atoms with Gasteiger partial charge in [-0.05, 0) is 17.7 Å². The molecule has 1 aliphatic rings. The lowest BCUT2D eigenvalue weighted by Crippen LogP contribution is -2.46. The minimum Gasteiger partial charge on any atom is -0.379 e. The lowest BCUT2D eigenvalue weighted by atomic mass is 10.0. The van der Waals surface area contributed by atoms with E-state index >= 15 is 0 Å². The zero-order valence-electron chi connectivity index (χ0n) is 16.5. The average Bonchev–Trinajstić information content (AvgIpc) is 3.13. The third-order valence-corrected chi connectivity index (χ3v) is 8.28. The van der Waals surface area contributed by atoms with Gasteiger partial charge in [0.1, 0.15) is 14.6 Å². The molecule has 0 aliphatic carbocycles. The summed E-state index contributed by atoms with van der Waals surface area (Å²) in [6.45, 7) is 6.87. The normalized spacial score (nSPS) is 16.0. The number of anilines is 1. The number of morpholine rings is 1. The van der Waals surface area contributed by atoms with Gasteiger partial charge in [0.2, 0.25) is 21.7 Å². The van der Waals surface area contributed by atoms with Gasteiger partial charge in [-0.1, -0.05) is 24.3 Å². The molecule has 30 heavy (non-hydrogen) atoms. The maximum absolute atomic E-state index is 13.4. The fourth-order valence-corrected chi connectivity index (χ4v) is 6.56. The smallest absolute Gasteiger partial charge is 0.249 e. The van der Waals surface area contributed by atoms with Gasteiger partial charge in [0.15, 0.2) is 0 Å². The number of thiophene rings is 1. The van der Waals surface area contributed by atoms with Crippen LogP contribution in [0.15, 0.2) is 47.2 Å². The van der Waals surface area contributed by atoms with E-state index in [9.17, 15) is 18.0 Å². The SMILES string of the molecule is C=CC(N1CCOCC1)S(=O)(=O)c1cc(-c2ccccc2C(N)=O)c(NC(C)=O)s1. The van der Waals surface area contributed by atoms with E-state index < -0.39 is 21.1 Å². The van der Waals surface area contributed by atoms with Crippen LogP contribution in [0, 0.1) is 0 Å². The van der Waals surface area contributed by atoms with Crippen LogP contribution in [-0.4, -0.2) is 56.8 Å². The Morgan fingerprint density at radius 3 is 2.53 bits per heavy atom. The van der Waals surface area contributed by atoms with E-state index in [4.69, 9.17) is 10.5 Å². The number of hydrogen-bond acceptors (Lipinski definition) is 7. The molecule has 1 saturated heterocycles. The lowest BCUT2D eigenvalue weighted by molar-refractivity contribution is -0.114. The van der Waals surface area contributed by atoms with Crippen LogP contribution in [0.25, 0.3) is 11.1 Å². The molecule has 2 heterocycles. The highest BCUT2D eigenvalue weighted by Crippen LogP contribution is 2.41. The first-order valence-corrected chi connectivity index (χ1v) is 11.6. The highest BCUT2D eigenvalue weighted by Gasteiger charge is 2.34. The van der Waals surface area contributed by atoms with Crippen molar-refractivity contribution in [1.29, 1.82) is 0 Å². The van der Waals surface area contributed by atoms with Gasteiger partial charge in [-0.2, -0.15) is 0 Å². The molecule has 3 rings (SSSR count). The first-order chi connectivity index (χ1) is 14.3. The standard InChI is InChI=1S/C20H23N3O5S2/c1-3-17(23-8-10-28-11-9-23)30(26,27)18-12-16(20(29-18)22-13(2)24)14-6-4-5-7-15(14)19(21)25/h3-7,12,17H,1,8-11H2,2H3,(H2,21,25)(H,22,24). The molecule has 8 nitrogen and oxygen atoms in total. The Morgan fingerprint density at radius 1 is 1.27 bits per heavy atom. The largest absolute Gasteiger partial charge is 0.379 e. The Kier molecular flexibility index (Phi) is 6.71. The van der Waals surface area contributed by atoms with E-state index in [1.54, 1.807) is 29.2 Å². The number of nitrogens with zero attached hydrogens (tertiary/aromatic N) is 1. The van der Waals surface area contributed by atoms with Crippen molar-refractivity contribution in [2.75, 3.05) is 31.6 Å². The predicted octanol–water partition coefficient (Wildman–Crippen LogP) is 2.09. The molecule has 0 radical (unpaired) electrons. The van der Waals surface area contributed by atoms with E-state index in [0.29, 0.717) is 42.4 Å². The summed E-state index contributed by atoms with van der Waals surface area (Å²) in [7, 11) is -3.83. The van der Waals surface area contributed by atoms with Gasteiger partial charge in [0.05, 0.1) is 13.2 Å². The molecular formula is C20H23N3O5S2. The summed E-state index contributed by atoms with van der Waals surface area (Å²) in [5.74, 6) is -1.00. The summed E-state index contributed by atoms with van der Waals surface area (Å²) in [5, 5.41) is 2.08. The molecule has 1 aromatic carbocycles. The van der Waals surface area contributed by atoms with Crippen molar-refractivity contribution < 1.29 is 22.7 Å². The molecule has 0 bridgehead atoms. The van der Waals surface area contributed by atoms with Crippen molar-refractivity contribution in [3.05, 3.63) is 48.6 Å². The molecule has 160 valence electrons. The van der Waals surface area contributed by atoms with Crippen LogP contribution in [0.1, 0.15) is 17.3 Å². The summed E-state index contributed by atoms with van der Waals surface area (Å²) in [6, 6.07) is 8.07. The molecule has 1 unspecified atom stereocenters. The number of sulfone groups is 1. The lowest BCUT2D eigenvalue weighted by Gasteiger charge is -2.31. The van der Waals surface area contributed by atoms with Gasteiger partial charge < -0.3 is 15.8 Å². The predicted molar refractivity (Wildman–Crippen MR) is 116 cm³/mol. The molecule has 10 heteroatoms. The van der Waals surface area contributed by atoms with Crippen molar-refractivity contribution in [2.24, 2.45) is 5.73 Å². The van der Waals surface area contributed by atoms with Crippen LogP contribution in [0.4, 0.5) is 5.00 Å². The molecule has 1 fully saturated rings. The summed E-state index contributed by atoms with van der Waals surface area (Å²) in [6.07, 6.45) is 1.40. The summed E-state index contributed by atoms with van der Waals surface area (Å²) in [5.41, 5.74) is 6.60. The van der Waals surface area contributed by atoms with Crippen LogP contribution in [0.2, 0.25) is 0 Å². The maximum atomic E-state index is 13.4. The van der Waals surface area contributed by atoms with Gasteiger partial charge in [-0.25, -0.2) is 8.42 Å². The quantitative estimate of drug-likeness (QED) is 0.625. The van der Waals surface area contributed by atoms with Crippen molar-refractivity contribution in [3.63, 3.8) is 0 Å². The number of nitrogens with two attached hydrogens (primary N) is 1. The van der Waals surface area contributed by atoms with Gasteiger partial charge in [-0.15, -0.1) is 17.9 Å². The van der Waals surface area contributed by atoms with E-state index in [-0.39, 0.29) is 15.7 Å². The van der Waals surface area contributed by atoms with Gasteiger partial charge >= 0.3 is 0 Å². The number of carbonyl (C=O) groups is 2. The Balaban J connectivity index is 2.12. The van der Waals surface area contributed by atoms with Crippen molar-refractivity contribution in [2.45, 2.75) is 16.5 Å². The highest BCUT2D eigenvalue weighted by molar-refractivity contribution is 7.94. The summed E-state index contributed by atoms with van der Waals surface area (Å²) in [4.78, 5) is 25.4. The number of benzene rings is 1. The molecule has 1 aliphatic heterocycles. The molecule has 1 atom stereocenters. The Labute approximate surface area is 179 Å². The molecule has 0 saturated carbocycles. The minimum atomic E-state index is -3.83. The third-order valence-electron chi connectivity index (χ3n) is 4.69. The first-order valence-electron chi connectivity index (χ1n) is 9.24. The highest BCUT2D eigenvalue weighted by atomic mass is 32.2. The summed E-state index contributed by atoms with van der Waals surface area (Å²) < 4.78 is 32.2. The zero-order chi connectivity index (χ0) is 21.9. The van der Waals surface area contributed by atoms with E-state index in [1.165, 1.54) is 19.1 Å². The Hall–Kier alpha value is -2.53. The Morgan fingerprint density at radius 2 is 1.93 bits per heavy atom. The van der Waals surface area contributed by atoms with Crippen LogP contribution in [0.3, 0.4) is 0 Å².